The van der Waals surface area contributed by atoms with Crippen molar-refractivity contribution in [2.45, 2.75) is 24.6 Å². The zero-order valence-corrected chi connectivity index (χ0v) is 13.8. The normalized spacial score (nSPS) is 20.0. The zero-order valence-electron chi connectivity index (χ0n) is 12.2. The first-order chi connectivity index (χ1) is 10.2. The molecule has 1 aromatic carbocycles. The Hall–Kier alpha value is -1.60. The van der Waals surface area contributed by atoms with Gasteiger partial charge >= 0.3 is 0 Å². The van der Waals surface area contributed by atoms with Crippen LogP contribution in [0.1, 0.15) is 13.3 Å². The molecule has 0 spiro atoms. The van der Waals surface area contributed by atoms with Crippen molar-refractivity contribution in [2.24, 2.45) is 0 Å². The molecule has 1 aliphatic rings. The summed E-state index contributed by atoms with van der Waals surface area (Å²) in [6.07, 6.45) is 1.13. The van der Waals surface area contributed by atoms with Crippen molar-refractivity contribution in [3.05, 3.63) is 29.3 Å². The second-order valence-electron chi connectivity index (χ2n) is 5.34. The van der Waals surface area contributed by atoms with E-state index in [-0.39, 0.29) is 18.9 Å². The van der Waals surface area contributed by atoms with E-state index < -0.39 is 27.0 Å². The van der Waals surface area contributed by atoms with Crippen LogP contribution in [0.5, 0.6) is 0 Å². The third-order valence-electron chi connectivity index (χ3n) is 3.63. The molecule has 0 aliphatic carbocycles. The van der Waals surface area contributed by atoms with Gasteiger partial charge < -0.3 is 10.2 Å². The fraction of sp³-hybridized carbons (Fsp3) is 0.429. The van der Waals surface area contributed by atoms with Crippen LogP contribution in [0.4, 0.5) is 5.69 Å². The molecule has 0 radical (unpaired) electrons. The Labute approximate surface area is 134 Å². The van der Waals surface area contributed by atoms with Gasteiger partial charge in [0.05, 0.1) is 16.8 Å². The van der Waals surface area contributed by atoms with E-state index in [0.29, 0.717) is 10.7 Å². The highest BCUT2D eigenvalue weighted by molar-refractivity contribution is 7.92. The van der Waals surface area contributed by atoms with Crippen LogP contribution in [0.15, 0.2) is 24.3 Å². The number of hydrogen-bond acceptors (Lipinski definition) is 4. The Kier molecular flexibility index (Phi) is 4.77. The molecule has 0 aromatic heterocycles. The quantitative estimate of drug-likeness (QED) is 0.883. The van der Waals surface area contributed by atoms with Crippen molar-refractivity contribution in [1.82, 2.24) is 5.32 Å². The van der Waals surface area contributed by atoms with Crippen molar-refractivity contribution in [3.63, 3.8) is 0 Å². The lowest BCUT2D eigenvalue weighted by atomic mass is 10.2. The lowest BCUT2D eigenvalue weighted by Gasteiger charge is -2.19. The number of rotatable bonds is 4. The van der Waals surface area contributed by atoms with E-state index in [2.05, 4.69) is 5.32 Å². The summed E-state index contributed by atoms with van der Waals surface area (Å²) in [5, 5.41) is 1.92. The van der Waals surface area contributed by atoms with Gasteiger partial charge in [0.15, 0.2) is 9.84 Å². The molecular weight excluding hydrogens is 328 g/mol. The number of benzene rings is 1. The molecule has 6 nitrogen and oxygen atoms in total. The molecule has 1 heterocycles. The highest BCUT2D eigenvalue weighted by atomic mass is 35.5. The van der Waals surface area contributed by atoms with Crippen molar-refractivity contribution in [1.29, 1.82) is 0 Å². The van der Waals surface area contributed by atoms with Gasteiger partial charge in [-0.05, 0) is 19.1 Å². The lowest BCUT2D eigenvalue weighted by molar-refractivity contribution is -0.121. The molecule has 1 N–H and O–H groups in total. The molecule has 1 saturated heterocycles. The molecule has 0 unspecified atom stereocenters. The number of sulfone groups is 1. The van der Waals surface area contributed by atoms with Gasteiger partial charge in [-0.15, -0.1) is 0 Å². The summed E-state index contributed by atoms with van der Waals surface area (Å²) >= 11 is 6.07. The van der Waals surface area contributed by atoms with Crippen LogP contribution in [0.2, 0.25) is 5.02 Å². The standard InChI is InChI=1S/C14H17ClN2O4S/c1-9(22(2,20)21)14(19)16-10-7-13(18)17(8-10)12-6-4-3-5-11(12)15/h3-6,9-10H,7-8H2,1-2H3,(H,16,19)/t9-,10-/m0/s1. The number of para-hydroxylation sites is 1. The lowest BCUT2D eigenvalue weighted by Crippen LogP contribution is -2.44. The maximum atomic E-state index is 12.1. The summed E-state index contributed by atoms with van der Waals surface area (Å²) in [6, 6.07) is 6.51. The minimum Gasteiger partial charge on any atom is -0.350 e. The molecular formula is C14H17ClN2O4S. The molecule has 1 aliphatic heterocycles. The Balaban J connectivity index is 2.07. The van der Waals surface area contributed by atoms with Gasteiger partial charge in [-0.2, -0.15) is 0 Å². The van der Waals surface area contributed by atoms with Gasteiger partial charge in [0.25, 0.3) is 0 Å². The monoisotopic (exact) mass is 344 g/mol. The Bertz CT molecular complexity index is 705. The smallest absolute Gasteiger partial charge is 0.238 e. The van der Waals surface area contributed by atoms with Gasteiger partial charge in [0, 0.05) is 19.2 Å². The van der Waals surface area contributed by atoms with Crippen molar-refractivity contribution < 1.29 is 18.0 Å². The van der Waals surface area contributed by atoms with Gasteiger partial charge in [0.2, 0.25) is 11.8 Å². The summed E-state index contributed by atoms with van der Waals surface area (Å²) < 4.78 is 22.8. The highest BCUT2D eigenvalue weighted by Gasteiger charge is 2.34. The number of amides is 2. The summed E-state index contributed by atoms with van der Waals surface area (Å²) in [6.45, 7) is 1.60. The minimum absolute atomic E-state index is 0.118. The molecule has 8 heteroatoms. The first-order valence-corrected chi connectivity index (χ1v) is 9.07. The van der Waals surface area contributed by atoms with Crippen LogP contribution in [0, 0.1) is 0 Å². The molecule has 2 rings (SSSR count). The molecule has 1 fully saturated rings. The van der Waals surface area contributed by atoms with Crippen LogP contribution in [-0.4, -0.2) is 44.3 Å². The number of halogens is 1. The maximum absolute atomic E-state index is 12.1. The van der Waals surface area contributed by atoms with Gasteiger partial charge in [-0.3, -0.25) is 9.59 Å². The number of nitrogens with one attached hydrogen (secondary N) is 1. The topological polar surface area (TPSA) is 83.6 Å². The van der Waals surface area contributed by atoms with Crippen LogP contribution in [0.3, 0.4) is 0 Å². The zero-order chi connectivity index (χ0) is 16.5. The van der Waals surface area contributed by atoms with Gasteiger partial charge in [0.1, 0.15) is 5.25 Å². The Morgan fingerprint density at radius 1 is 1.41 bits per heavy atom. The number of carbonyl (C=O) groups is 2. The van der Waals surface area contributed by atoms with Gasteiger partial charge in [-0.25, -0.2) is 8.42 Å². The molecule has 120 valence electrons. The van der Waals surface area contributed by atoms with E-state index >= 15 is 0 Å². The second-order valence-corrected chi connectivity index (χ2v) is 8.11. The van der Waals surface area contributed by atoms with Gasteiger partial charge in [-0.1, -0.05) is 23.7 Å². The number of nitrogens with zero attached hydrogens (tertiary/aromatic N) is 1. The second kappa shape index (κ2) is 6.26. The summed E-state index contributed by atoms with van der Waals surface area (Å²) in [4.78, 5) is 25.5. The maximum Gasteiger partial charge on any atom is 0.238 e. The van der Waals surface area contributed by atoms with Crippen molar-refractivity contribution in [3.8, 4) is 0 Å². The Morgan fingerprint density at radius 3 is 2.64 bits per heavy atom. The third kappa shape index (κ3) is 3.59. The van der Waals surface area contributed by atoms with E-state index in [0.717, 1.165) is 6.26 Å². The third-order valence-corrected chi connectivity index (χ3v) is 5.44. The summed E-state index contributed by atoms with van der Waals surface area (Å²) in [7, 11) is -3.46. The fourth-order valence-corrected chi connectivity index (χ4v) is 2.92. The molecule has 2 amide bonds. The molecule has 22 heavy (non-hydrogen) atoms. The van der Waals surface area contributed by atoms with E-state index in [1.807, 2.05) is 0 Å². The van der Waals surface area contributed by atoms with Crippen LogP contribution >= 0.6 is 11.6 Å². The van der Waals surface area contributed by atoms with Crippen LogP contribution in [-0.2, 0) is 19.4 Å². The van der Waals surface area contributed by atoms with E-state index in [9.17, 15) is 18.0 Å². The van der Waals surface area contributed by atoms with E-state index in [4.69, 9.17) is 11.6 Å². The molecule has 0 saturated carbocycles. The van der Waals surface area contributed by atoms with Crippen molar-refractivity contribution >= 4 is 38.9 Å². The summed E-state index contributed by atoms with van der Waals surface area (Å²) in [5.74, 6) is -0.758. The van der Waals surface area contributed by atoms with E-state index in [1.54, 1.807) is 24.3 Å². The molecule has 2 atom stereocenters. The van der Waals surface area contributed by atoms with Crippen molar-refractivity contribution in [2.75, 3.05) is 17.7 Å². The number of hydrogen-bond donors (Lipinski definition) is 1. The Morgan fingerprint density at radius 2 is 2.05 bits per heavy atom. The molecule has 0 bridgehead atoms. The first kappa shape index (κ1) is 16.8. The first-order valence-electron chi connectivity index (χ1n) is 6.74. The predicted octanol–water partition coefficient (Wildman–Crippen LogP) is 0.995. The highest BCUT2D eigenvalue weighted by Crippen LogP contribution is 2.29. The number of carbonyl (C=O) groups excluding carboxylic acids is 2. The number of anilines is 1. The largest absolute Gasteiger partial charge is 0.350 e. The van der Waals surface area contributed by atoms with Crippen LogP contribution < -0.4 is 10.2 Å². The minimum atomic E-state index is -3.46. The average molecular weight is 345 g/mol. The predicted molar refractivity (Wildman–Crippen MR) is 84.7 cm³/mol. The van der Waals surface area contributed by atoms with Crippen LogP contribution in [0.25, 0.3) is 0 Å². The SMILES string of the molecule is C[C@@H](C(=O)N[C@H]1CC(=O)N(c2ccccc2Cl)C1)S(C)(=O)=O. The average Bonchev–Trinajstić information content (AvgIpc) is 2.78. The van der Waals surface area contributed by atoms with E-state index in [1.165, 1.54) is 11.8 Å². The summed E-state index contributed by atoms with van der Waals surface area (Å²) in [5.41, 5.74) is 0.585. The fourth-order valence-electron chi connectivity index (χ4n) is 2.22. The molecule has 1 aromatic rings.